The molecule has 88 valence electrons. The van der Waals surface area contributed by atoms with E-state index in [0.717, 1.165) is 11.8 Å². The van der Waals surface area contributed by atoms with Crippen molar-refractivity contribution >= 4 is 0 Å². The van der Waals surface area contributed by atoms with Crippen LogP contribution in [0, 0.1) is 11.8 Å². The molecule has 2 aliphatic rings. The zero-order valence-corrected chi connectivity index (χ0v) is 9.93. The molecule has 2 fully saturated rings. The molecule has 1 saturated heterocycles. The van der Waals surface area contributed by atoms with Crippen LogP contribution in [-0.4, -0.2) is 26.2 Å². The monoisotopic (exact) mass is 210 g/mol. The minimum Gasteiger partial charge on any atom is -0.317 e. The van der Waals surface area contributed by atoms with Gasteiger partial charge in [0.2, 0.25) is 0 Å². The van der Waals surface area contributed by atoms with Crippen LogP contribution in [0.2, 0.25) is 0 Å². The van der Waals surface area contributed by atoms with E-state index in [1.54, 1.807) is 0 Å². The van der Waals surface area contributed by atoms with E-state index in [9.17, 15) is 0 Å². The number of nitrogens with one attached hydrogen (secondary N) is 2. The van der Waals surface area contributed by atoms with Crippen LogP contribution in [0.25, 0.3) is 0 Å². The molecule has 0 bridgehead atoms. The second-order valence-electron chi connectivity index (χ2n) is 5.32. The Bertz CT molecular complexity index is 160. The largest absolute Gasteiger partial charge is 0.317 e. The Morgan fingerprint density at radius 3 is 2.33 bits per heavy atom. The van der Waals surface area contributed by atoms with E-state index < -0.39 is 0 Å². The molecule has 0 aromatic heterocycles. The van der Waals surface area contributed by atoms with Crippen molar-refractivity contribution in [2.75, 3.05) is 26.2 Å². The van der Waals surface area contributed by atoms with Crippen LogP contribution in [-0.2, 0) is 0 Å². The van der Waals surface area contributed by atoms with Crippen molar-refractivity contribution in [1.82, 2.24) is 10.6 Å². The van der Waals surface area contributed by atoms with Gasteiger partial charge in [-0.3, -0.25) is 0 Å². The van der Waals surface area contributed by atoms with E-state index in [1.807, 2.05) is 0 Å². The number of piperidine rings is 1. The Hall–Kier alpha value is -0.0800. The van der Waals surface area contributed by atoms with Gasteiger partial charge in [-0.1, -0.05) is 12.8 Å². The summed E-state index contributed by atoms with van der Waals surface area (Å²) < 4.78 is 0. The lowest BCUT2D eigenvalue weighted by Gasteiger charge is -2.22. The summed E-state index contributed by atoms with van der Waals surface area (Å²) in [5.41, 5.74) is 0. The molecule has 1 saturated carbocycles. The third kappa shape index (κ3) is 4.98. The van der Waals surface area contributed by atoms with Gasteiger partial charge in [0.15, 0.2) is 0 Å². The predicted octanol–water partition coefficient (Wildman–Crippen LogP) is 2.16. The lowest BCUT2D eigenvalue weighted by molar-refractivity contribution is 0.344. The summed E-state index contributed by atoms with van der Waals surface area (Å²) in [6.45, 7) is 5.01. The molecule has 1 aliphatic carbocycles. The molecule has 1 aliphatic heterocycles. The first-order chi connectivity index (χ1) is 7.45. The molecule has 0 atom stereocenters. The van der Waals surface area contributed by atoms with Gasteiger partial charge in [-0.2, -0.15) is 0 Å². The highest BCUT2D eigenvalue weighted by molar-refractivity contribution is 4.73. The SMILES string of the molecule is C(CNCCC1CC1)CC1CCNCC1. The highest BCUT2D eigenvalue weighted by atomic mass is 14.9. The first-order valence-corrected chi connectivity index (χ1v) is 6.86. The maximum Gasteiger partial charge on any atom is -0.00463 e. The van der Waals surface area contributed by atoms with Crippen LogP contribution >= 0.6 is 0 Å². The van der Waals surface area contributed by atoms with Gasteiger partial charge in [-0.05, 0) is 70.1 Å². The second-order valence-corrected chi connectivity index (χ2v) is 5.32. The van der Waals surface area contributed by atoms with Gasteiger partial charge in [0, 0.05) is 0 Å². The van der Waals surface area contributed by atoms with Crippen LogP contribution < -0.4 is 10.6 Å². The quantitative estimate of drug-likeness (QED) is 0.629. The van der Waals surface area contributed by atoms with E-state index in [1.165, 1.54) is 71.1 Å². The molecular formula is C13H26N2. The minimum absolute atomic E-state index is 1.01. The number of rotatable bonds is 7. The van der Waals surface area contributed by atoms with Crippen molar-refractivity contribution in [3.05, 3.63) is 0 Å². The fourth-order valence-corrected chi connectivity index (χ4v) is 2.52. The van der Waals surface area contributed by atoms with Crippen LogP contribution in [0.15, 0.2) is 0 Å². The molecule has 0 aromatic rings. The van der Waals surface area contributed by atoms with E-state index in [4.69, 9.17) is 0 Å². The molecule has 2 nitrogen and oxygen atoms in total. The van der Waals surface area contributed by atoms with Gasteiger partial charge >= 0.3 is 0 Å². The molecule has 0 amide bonds. The van der Waals surface area contributed by atoms with E-state index in [0.29, 0.717) is 0 Å². The fourth-order valence-electron chi connectivity index (χ4n) is 2.52. The molecule has 0 spiro atoms. The van der Waals surface area contributed by atoms with Gasteiger partial charge in [0.1, 0.15) is 0 Å². The Morgan fingerprint density at radius 2 is 1.60 bits per heavy atom. The lowest BCUT2D eigenvalue weighted by atomic mass is 9.93. The summed E-state index contributed by atoms with van der Waals surface area (Å²) in [5, 5.41) is 7.01. The third-order valence-corrected chi connectivity index (χ3v) is 3.85. The van der Waals surface area contributed by atoms with Crippen molar-refractivity contribution in [2.45, 2.75) is 44.9 Å². The van der Waals surface area contributed by atoms with Crippen LogP contribution in [0.1, 0.15) is 44.9 Å². The van der Waals surface area contributed by atoms with Crippen molar-refractivity contribution < 1.29 is 0 Å². The van der Waals surface area contributed by atoms with Crippen LogP contribution in [0.5, 0.6) is 0 Å². The Morgan fingerprint density at radius 1 is 0.867 bits per heavy atom. The number of hydrogen-bond acceptors (Lipinski definition) is 2. The zero-order chi connectivity index (χ0) is 10.3. The zero-order valence-electron chi connectivity index (χ0n) is 9.93. The molecule has 0 radical (unpaired) electrons. The summed E-state index contributed by atoms with van der Waals surface area (Å²) >= 11 is 0. The predicted molar refractivity (Wildman–Crippen MR) is 65.0 cm³/mol. The summed E-state index contributed by atoms with van der Waals surface area (Å²) in [7, 11) is 0. The normalized spacial score (nSPS) is 23.2. The summed E-state index contributed by atoms with van der Waals surface area (Å²) in [5.74, 6) is 2.10. The lowest BCUT2D eigenvalue weighted by Crippen LogP contribution is -2.28. The average molecular weight is 210 g/mol. The van der Waals surface area contributed by atoms with Crippen LogP contribution in [0.3, 0.4) is 0 Å². The molecule has 2 heteroatoms. The highest BCUT2D eigenvalue weighted by Gasteiger charge is 2.19. The molecule has 0 aromatic carbocycles. The van der Waals surface area contributed by atoms with Crippen molar-refractivity contribution in [3.8, 4) is 0 Å². The Kier molecular flexibility index (Phi) is 4.94. The van der Waals surface area contributed by atoms with Crippen molar-refractivity contribution in [2.24, 2.45) is 11.8 Å². The van der Waals surface area contributed by atoms with Gasteiger partial charge < -0.3 is 10.6 Å². The highest BCUT2D eigenvalue weighted by Crippen LogP contribution is 2.31. The molecule has 15 heavy (non-hydrogen) atoms. The molecular weight excluding hydrogens is 184 g/mol. The second kappa shape index (κ2) is 6.49. The summed E-state index contributed by atoms with van der Waals surface area (Å²) in [6, 6.07) is 0. The van der Waals surface area contributed by atoms with Crippen LogP contribution in [0.4, 0.5) is 0 Å². The van der Waals surface area contributed by atoms with Gasteiger partial charge in [0.25, 0.3) is 0 Å². The van der Waals surface area contributed by atoms with Gasteiger partial charge in [0.05, 0.1) is 0 Å². The standard InChI is InChI=1S/C13H26N2/c1(2-12-5-10-15-11-6-12)8-14-9-7-13-3-4-13/h12-15H,1-11H2. The maximum atomic E-state index is 3.58. The molecule has 2 rings (SSSR count). The minimum atomic E-state index is 1.01. The van der Waals surface area contributed by atoms with Crippen molar-refractivity contribution in [1.29, 1.82) is 0 Å². The maximum absolute atomic E-state index is 3.58. The Balaban J connectivity index is 1.37. The summed E-state index contributed by atoms with van der Waals surface area (Å²) in [6.07, 6.45) is 10.1. The average Bonchev–Trinajstić information content (AvgIpc) is 3.09. The summed E-state index contributed by atoms with van der Waals surface area (Å²) in [4.78, 5) is 0. The van der Waals surface area contributed by atoms with Gasteiger partial charge in [-0.15, -0.1) is 0 Å². The molecule has 0 unspecified atom stereocenters. The smallest absolute Gasteiger partial charge is 0.00463 e. The fraction of sp³-hybridized carbons (Fsp3) is 1.00. The van der Waals surface area contributed by atoms with Gasteiger partial charge in [-0.25, -0.2) is 0 Å². The first-order valence-electron chi connectivity index (χ1n) is 6.86. The molecule has 1 heterocycles. The van der Waals surface area contributed by atoms with E-state index >= 15 is 0 Å². The Labute approximate surface area is 94.2 Å². The van der Waals surface area contributed by atoms with E-state index in [2.05, 4.69) is 10.6 Å². The third-order valence-electron chi connectivity index (χ3n) is 3.85. The first kappa shape index (κ1) is 11.4. The van der Waals surface area contributed by atoms with E-state index in [-0.39, 0.29) is 0 Å². The van der Waals surface area contributed by atoms with Crippen molar-refractivity contribution in [3.63, 3.8) is 0 Å². The molecule has 2 N–H and O–H groups in total. The topological polar surface area (TPSA) is 24.1 Å². The number of hydrogen-bond donors (Lipinski definition) is 2.